The zero-order valence-corrected chi connectivity index (χ0v) is 22.5. The minimum atomic E-state index is -0.388. The van der Waals surface area contributed by atoms with Crippen LogP contribution < -0.4 is 16.0 Å². The maximum atomic E-state index is 11.1. The van der Waals surface area contributed by atoms with Gasteiger partial charge in [-0.1, -0.05) is 41.7 Å². The standard InChI is InChI=1S/C17H18N6OS.C8H17NO2/c1-12-21-15(19-8-7-18-11-24)9-16(22-12)23-17-20-10-14(25-17)13-5-3-2-4-6-13;1-6-9(5)7(10)11-8(2,3)4/h2-6,9-11H,7-8H2,1H3,(H,18,24)(H2,19,20,21,22,23);6H2,1-5H3. The number of hydrogen-bond acceptors (Lipinski definition) is 9. The molecule has 2 heterocycles. The van der Waals surface area contributed by atoms with Gasteiger partial charge in [0.2, 0.25) is 6.41 Å². The molecule has 0 saturated carbocycles. The summed E-state index contributed by atoms with van der Waals surface area (Å²) in [5.41, 5.74) is 0.748. The maximum absolute atomic E-state index is 11.1. The molecule has 0 spiro atoms. The molecule has 3 N–H and O–H groups in total. The number of aromatic nitrogens is 3. The number of rotatable bonds is 9. The molecular weight excluding hydrogens is 478 g/mol. The highest BCUT2D eigenvalue weighted by Crippen LogP contribution is 2.30. The highest BCUT2D eigenvalue weighted by Gasteiger charge is 2.18. The summed E-state index contributed by atoms with van der Waals surface area (Å²) >= 11 is 1.57. The first-order valence-electron chi connectivity index (χ1n) is 11.6. The number of ether oxygens (including phenoxy) is 1. The first-order chi connectivity index (χ1) is 17.1. The van der Waals surface area contributed by atoms with Gasteiger partial charge in [0, 0.05) is 38.9 Å². The van der Waals surface area contributed by atoms with E-state index >= 15 is 0 Å². The normalized spacial score (nSPS) is 10.5. The third-order valence-corrected chi connectivity index (χ3v) is 5.44. The molecule has 3 rings (SSSR count). The van der Waals surface area contributed by atoms with E-state index in [1.807, 2.05) is 65.1 Å². The average molecular weight is 514 g/mol. The van der Waals surface area contributed by atoms with Crippen LogP contribution >= 0.6 is 11.3 Å². The number of carbonyl (C=O) groups is 2. The number of nitrogens with zero attached hydrogens (tertiary/aromatic N) is 4. The first-order valence-corrected chi connectivity index (χ1v) is 12.4. The largest absolute Gasteiger partial charge is 0.444 e. The lowest BCUT2D eigenvalue weighted by Crippen LogP contribution is -2.33. The molecule has 1 aromatic carbocycles. The minimum absolute atomic E-state index is 0.264. The van der Waals surface area contributed by atoms with Gasteiger partial charge in [-0.2, -0.15) is 0 Å². The lowest BCUT2D eigenvalue weighted by Gasteiger charge is -2.23. The van der Waals surface area contributed by atoms with Gasteiger partial charge in [0.15, 0.2) is 5.13 Å². The van der Waals surface area contributed by atoms with Crippen molar-refractivity contribution in [1.82, 2.24) is 25.2 Å². The third-order valence-electron chi connectivity index (χ3n) is 4.48. The molecule has 2 aromatic heterocycles. The summed E-state index contributed by atoms with van der Waals surface area (Å²) in [6.45, 7) is 11.1. The second kappa shape index (κ2) is 14.0. The molecule has 2 amide bonds. The molecule has 0 aliphatic carbocycles. The molecular formula is C25H35N7O3S. The molecule has 0 atom stereocenters. The number of carbonyl (C=O) groups excluding carboxylic acids is 2. The Bertz CT molecular complexity index is 1100. The summed E-state index contributed by atoms with van der Waals surface area (Å²) in [4.78, 5) is 37.1. The van der Waals surface area contributed by atoms with Gasteiger partial charge in [-0.15, -0.1) is 0 Å². The number of benzene rings is 1. The zero-order chi connectivity index (χ0) is 26.6. The van der Waals surface area contributed by atoms with Crippen LogP contribution in [0.3, 0.4) is 0 Å². The molecule has 0 unspecified atom stereocenters. The van der Waals surface area contributed by atoms with Gasteiger partial charge >= 0.3 is 6.09 Å². The molecule has 0 bridgehead atoms. The molecule has 0 aliphatic heterocycles. The summed E-state index contributed by atoms with van der Waals surface area (Å²) in [5.74, 6) is 2.02. The van der Waals surface area contributed by atoms with E-state index in [0.717, 1.165) is 15.6 Å². The quantitative estimate of drug-likeness (QED) is 0.278. The molecule has 0 aliphatic rings. The molecule has 10 nitrogen and oxygen atoms in total. The Morgan fingerprint density at radius 3 is 2.47 bits per heavy atom. The Hall–Kier alpha value is -3.73. The van der Waals surface area contributed by atoms with Crippen LogP contribution in [0.1, 0.15) is 33.5 Å². The molecule has 0 saturated heterocycles. The van der Waals surface area contributed by atoms with E-state index in [-0.39, 0.29) is 11.7 Å². The van der Waals surface area contributed by atoms with E-state index < -0.39 is 0 Å². The number of aryl methyl sites for hydroxylation is 1. The van der Waals surface area contributed by atoms with E-state index in [4.69, 9.17) is 4.74 Å². The first kappa shape index (κ1) is 28.5. The monoisotopic (exact) mass is 513 g/mol. The van der Waals surface area contributed by atoms with Crippen molar-refractivity contribution in [3.8, 4) is 10.4 Å². The van der Waals surface area contributed by atoms with Gasteiger partial charge in [0.25, 0.3) is 0 Å². The fourth-order valence-electron chi connectivity index (χ4n) is 2.69. The van der Waals surface area contributed by atoms with Crippen LogP contribution in [0.15, 0.2) is 42.6 Å². The topological polar surface area (TPSA) is 121 Å². The average Bonchev–Trinajstić information content (AvgIpc) is 3.29. The maximum Gasteiger partial charge on any atom is 0.410 e. The van der Waals surface area contributed by atoms with Crippen molar-refractivity contribution in [3.05, 3.63) is 48.4 Å². The lowest BCUT2D eigenvalue weighted by atomic mass is 10.2. The molecule has 36 heavy (non-hydrogen) atoms. The summed E-state index contributed by atoms with van der Waals surface area (Å²) in [6.07, 6.45) is 2.26. The highest BCUT2D eigenvalue weighted by molar-refractivity contribution is 7.18. The van der Waals surface area contributed by atoms with Gasteiger partial charge < -0.3 is 25.6 Å². The van der Waals surface area contributed by atoms with Gasteiger partial charge in [0.05, 0.1) is 4.88 Å². The Morgan fingerprint density at radius 2 is 1.83 bits per heavy atom. The summed E-state index contributed by atoms with van der Waals surface area (Å²) in [6, 6.07) is 11.9. The number of thiazole rings is 1. The second-order valence-corrected chi connectivity index (χ2v) is 9.73. The van der Waals surface area contributed by atoms with Crippen LogP contribution in [0, 0.1) is 6.92 Å². The number of nitrogens with one attached hydrogen (secondary N) is 3. The second-order valence-electron chi connectivity index (χ2n) is 8.70. The van der Waals surface area contributed by atoms with Gasteiger partial charge in [0.1, 0.15) is 23.1 Å². The fraction of sp³-hybridized carbons (Fsp3) is 0.400. The van der Waals surface area contributed by atoms with Crippen LogP contribution in [0.5, 0.6) is 0 Å². The molecule has 0 radical (unpaired) electrons. The lowest BCUT2D eigenvalue weighted by molar-refractivity contribution is -0.109. The Labute approximate surface area is 216 Å². The van der Waals surface area contributed by atoms with Crippen LogP contribution in [0.25, 0.3) is 10.4 Å². The van der Waals surface area contributed by atoms with Crippen molar-refractivity contribution in [3.63, 3.8) is 0 Å². The molecule has 194 valence electrons. The fourth-order valence-corrected chi connectivity index (χ4v) is 3.52. The van der Waals surface area contributed by atoms with Gasteiger partial charge in [-0.3, -0.25) is 4.79 Å². The van der Waals surface area contributed by atoms with Crippen molar-refractivity contribution >= 4 is 40.6 Å². The summed E-state index contributed by atoms with van der Waals surface area (Å²) < 4.78 is 5.08. The van der Waals surface area contributed by atoms with Gasteiger partial charge in [-0.05, 0) is 40.2 Å². The Kier molecular flexibility index (Phi) is 11.1. The van der Waals surface area contributed by atoms with Crippen molar-refractivity contribution in [2.45, 2.75) is 40.2 Å². The summed E-state index contributed by atoms with van der Waals surface area (Å²) in [5, 5.41) is 9.73. The van der Waals surface area contributed by atoms with E-state index in [9.17, 15) is 9.59 Å². The smallest absolute Gasteiger partial charge is 0.410 e. The van der Waals surface area contributed by atoms with Crippen molar-refractivity contribution in [2.75, 3.05) is 37.3 Å². The Balaban J connectivity index is 0.000000352. The van der Waals surface area contributed by atoms with Crippen LogP contribution in [0.2, 0.25) is 0 Å². The zero-order valence-electron chi connectivity index (χ0n) is 21.7. The SMILES string of the molecule is CCN(C)C(=O)OC(C)(C)C.Cc1nc(NCCNC=O)cc(Nc2ncc(-c3ccccc3)s2)n1. The predicted molar refractivity (Wildman–Crippen MR) is 145 cm³/mol. The third kappa shape index (κ3) is 10.3. The number of amides is 2. The molecule has 11 heteroatoms. The predicted octanol–water partition coefficient (Wildman–Crippen LogP) is 4.68. The van der Waals surface area contributed by atoms with E-state index in [1.54, 1.807) is 18.4 Å². The highest BCUT2D eigenvalue weighted by atomic mass is 32.1. The van der Waals surface area contributed by atoms with Crippen molar-refractivity contribution in [1.29, 1.82) is 0 Å². The number of anilines is 3. The van der Waals surface area contributed by atoms with E-state index in [0.29, 0.717) is 43.5 Å². The minimum Gasteiger partial charge on any atom is -0.444 e. The van der Waals surface area contributed by atoms with Crippen molar-refractivity contribution < 1.29 is 14.3 Å². The molecule has 3 aromatic rings. The number of hydrogen-bond donors (Lipinski definition) is 3. The van der Waals surface area contributed by atoms with E-state index in [2.05, 4.69) is 43.0 Å². The van der Waals surface area contributed by atoms with E-state index in [1.165, 1.54) is 4.90 Å². The summed E-state index contributed by atoms with van der Waals surface area (Å²) in [7, 11) is 1.72. The Morgan fingerprint density at radius 1 is 1.14 bits per heavy atom. The van der Waals surface area contributed by atoms with Gasteiger partial charge in [-0.25, -0.2) is 19.7 Å². The molecule has 0 fully saturated rings. The van der Waals surface area contributed by atoms with Crippen molar-refractivity contribution in [2.24, 2.45) is 0 Å². The van der Waals surface area contributed by atoms with Crippen LogP contribution in [0.4, 0.5) is 21.6 Å². The van der Waals surface area contributed by atoms with Crippen LogP contribution in [-0.2, 0) is 9.53 Å². The van der Waals surface area contributed by atoms with Crippen LogP contribution in [-0.4, -0.2) is 64.6 Å².